The molecular weight excluding hydrogens is 537 g/mol. The Morgan fingerprint density at radius 3 is 2.62 bits per heavy atom. The van der Waals surface area contributed by atoms with Gasteiger partial charge in [-0.05, 0) is 94.6 Å². The largest absolute Gasteiger partial charge is 0.496 e. The number of pyridine rings is 1. The number of aryl methyl sites for hydroxylation is 3. The molecule has 0 N–H and O–H groups in total. The number of aromatic nitrogens is 1. The highest BCUT2D eigenvalue weighted by molar-refractivity contribution is 14.1. The van der Waals surface area contributed by atoms with Gasteiger partial charge in [-0.25, -0.2) is 0 Å². The summed E-state index contributed by atoms with van der Waals surface area (Å²) >= 11 is 6.12. The number of hydrogen-bond acceptors (Lipinski definition) is 2. The van der Waals surface area contributed by atoms with E-state index in [9.17, 15) is 0 Å². The molecule has 0 amide bonds. The van der Waals surface area contributed by atoms with Crippen LogP contribution in [0, 0.1) is 6.92 Å². The van der Waals surface area contributed by atoms with Crippen molar-refractivity contribution in [2.24, 2.45) is 0 Å². The number of alkyl halides is 1. The first-order chi connectivity index (χ1) is 14.1. The second-order valence-corrected chi connectivity index (χ2v) is 9.89. The molecule has 2 aromatic rings. The van der Waals surface area contributed by atoms with Crippen molar-refractivity contribution in [2.75, 3.05) is 11.5 Å². The molecule has 0 spiro atoms. The molecule has 1 aromatic heterocycles. The Morgan fingerprint density at radius 1 is 1.10 bits per heavy atom. The van der Waals surface area contributed by atoms with E-state index in [4.69, 9.17) is 9.72 Å². The van der Waals surface area contributed by atoms with Crippen molar-refractivity contribution in [3.63, 3.8) is 0 Å². The molecule has 1 aromatic carbocycles. The van der Waals surface area contributed by atoms with E-state index in [1.165, 1.54) is 51.5 Å². The predicted molar refractivity (Wildman–Crippen MR) is 135 cm³/mol. The van der Waals surface area contributed by atoms with Crippen LogP contribution >= 0.6 is 38.5 Å². The Kier molecular flexibility index (Phi) is 8.60. The topological polar surface area (TPSA) is 22.1 Å². The molecule has 0 bridgehead atoms. The lowest BCUT2D eigenvalue weighted by molar-refractivity contribution is 0.412. The fraction of sp³-hybridized carbons (Fsp3) is 0.480. The van der Waals surface area contributed by atoms with Gasteiger partial charge in [0.25, 0.3) is 0 Å². The average Bonchev–Trinajstić information content (AvgIpc) is 2.86. The molecule has 156 valence electrons. The lowest BCUT2D eigenvalue weighted by atomic mass is 9.87. The maximum absolute atomic E-state index is 5.92. The normalized spacial score (nSPS) is 14.8. The Morgan fingerprint density at radius 2 is 1.90 bits per heavy atom. The molecule has 0 radical (unpaired) electrons. The summed E-state index contributed by atoms with van der Waals surface area (Å²) in [6, 6.07) is 6.79. The minimum Gasteiger partial charge on any atom is -0.496 e. The minimum absolute atomic E-state index is 0.994. The van der Waals surface area contributed by atoms with Crippen LogP contribution < -0.4 is 4.74 Å². The quantitative estimate of drug-likeness (QED) is 0.184. The molecule has 0 fully saturated rings. The van der Waals surface area contributed by atoms with Gasteiger partial charge in [0.2, 0.25) is 0 Å². The van der Waals surface area contributed by atoms with Gasteiger partial charge < -0.3 is 4.74 Å². The molecule has 3 rings (SSSR count). The molecule has 0 aliphatic heterocycles. The molecule has 4 heteroatoms. The molecule has 0 saturated carbocycles. The van der Waals surface area contributed by atoms with Crippen LogP contribution in [-0.2, 0) is 12.8 Å². The van der Waals surface area contributed by atoms with Crippen LogP contribution in [0.4, 0.5) is 0 Å². The summed E-state index contributed by atoms with van der Waals surface area (Å²) in [5, 5.41) is 0. The summed E-state index contributed by atoms with van der Waals surface area (Å²) in [4.78, 5) is 4.94. The standard InChI is InChI=1S/C25H31BrINO/c1-4-8-18(9-6-5-7-12-27)24-23-19(13-17(2)14-22(23)29-3)10-11-20-15-21(26)16-28-25(20)24/h13-16H,4-12H2,1-3H3/b24-18+. The highest BCUT2D eigenvalue weighted by atomic mass is 127. The first-order valence-corrected chi connectivity index (χ1v) is 13.0. The van der Waals surface area contributed by atoms with E-state index < -0.39 is 0 Å². The summed E-state index contributed by atoms with van der Waals surface area (Å²) in [5.41, 5.74) is 9.32. The number of halogens is 2. The third-order valence-corrected chi connectivity index (χ3v) is 6.85. The van der Waals surface area contributed by atoms with Gasteiger partial charge in [0.1, 0.15) is 5.75 Å². The first-order valence-electron chi connectivity index (χ1n) is 10.7. The van der Waals surface area contributed by atoms with Crippen LogP contribution in [0.25, 0.3) is 5.57 Å². The Labute approximate surface area is 197 Å². The van der Waals surface area contributed by atoms with E-state index in [0.717, 1.165) is 48.0 Å². The number of allylic oxidation sites excluding steroid dienone is 1. The molecule has 1 aliphatic rings. The minimum atomic E-state index is 0.994. The van der Waals surface area contributed by atoms with E-state index in [-0.39, 0.29) is 0 Å². The molecular formula is C25H31BrINO. The lowest BCUT2D eigenvalue weighted by Gasteiger charge is -2.20. The Hall–Kier alpha value is -0.880. The monoisotopic (exact) mass is 567 g/mol. The van der Waals surface area contributed by atoms with Crippen LogP contribution in [0.5, 0.6) is 5.75 Å². The van der Waals surface area contributed by atoms with Gasteiger partial charge >= 0.3 is 0 Å². The number of benzene rings is 1. The molecule has 1 heterocycles. The number of ether oxygens (including phenoxy) is 1. The maximum atomic E-state index is 5.92. The van der Waals surface area contributed by atoms with Crippen molar-refractivity contribution in [3.05, 3.63) is 62.4 Å². The number of nitrogens with zero attached hydrogens (tertiary/aromatic N) is 1. The molecule has 29 heavy (non-hydrogen) atoms. The highest BCUT2D eigenvalue weighted by Gasteiger charge is 2.26. The SMILES string of the molecule is CCC/C(CCCCCI)=C1\c2ncc(Br)cc2CCc2cc(C)cc(OC)c21. The Balaban J connectivity index is 2.23. The van der Waals surface area contributed by atoms with Crippen LogP contribution in [0.2, 0.25) is 0 Å². The van der Waals surface area contributed by atoms with Crippen molar-refractivity contribution in [1.82, 2.24) is 4.98 Å². The van der Waals surface area contributed by atoms with Gasteiger partial charge in [-0.15, -0.1) is 0 Å². The predicted octanol–water partition coefficient (Wildman–Crippen LogP) is 7.86. The summed E-state index contributed by atoms with van der Waals surface area (Å²) in [5.74, 6) is 0.994. The van der Waals surface area contributed by atoms with Gasteiger partial charge in [0, 0.05) is 21.8 Å². The van der Waals surface area contributed by atoms with E-state index in [1.54, 1.807) is 12.7 Å². The first kappa shape index (κ1) is 22.8. The number of rotatable bonds is 8. The van der Waals surface area contributed by atoms with E-state index in [0.29, 0.717) is 0 Å². The zero-order valence-corrected chi connectivity index (χ0v) is 21.5. The zero-order valence-electron chi connectivity index (χ0n) is 17.8. The molecule has 0 atom stereocenters. The fourth-order valence-electron chi connectivity index (χ4n) is 4.38. The lowest BCUT2D eigenvalue weighted by Crippen LogP contribution is -2.04. The summed E-state index contributed by atoms with van der Waals surface area (Å²) in [6.45, 7) is 4.45. The Bertz CT molecular complexity index is 891. The van der Waals surface area contributed by atoms with E-state index in [1.807, 2.05) is 6.20 Å². The molecule has 1 aliphatic carbocycles. The van der Waals surface area contributed by atoms with Gasteiger partial charge in [0.15, 0.2) is 0 Å². The second-order valence-electron chi connectivity index (χ2n) is 7.89. The number of fused-ring (bicyclic) bond motifs is 2. The van der Waals surface area contributed by atoms with Crippen molar-refractivity contribution >= 4 is 44.1 Å². The van der Waals surface area contributed by atoms with Crippen molar-refractivity contribution in [3.8, 4) is 5.75 Å². The van der Waals surface area contributed by atoms with Crippen molar-refractivity contribution in [2.45, 2.75) is 65.2 Å². The molecule has 0 unspecified atom stereocenters. The van der Waals surface area contributed by atoms with Gasteiger partial charge in [-0.3, -0.25) is 4.98 Å². The zero-order chi connectivity index (χ0) is 20.8. The summed E-state index contributed by atoms with van der Waals surface area (Å²) < 4.78 is 8.22. The third-order valence-electron chi connectivity index (χ3n) is 5.65. The van der Waals surface area contributed by atoms with Crippen LogP contribution in [0.15, 0.2) is 34.4 Å². The second kappa shape index (κ2) is 10.9. The number of methoxy groups -OCH3 is 1. The summed E-state index contributed by atoms with van der Waals surface area (Å²) in [6.07, 6.45) is 11.2. The van der Waals surface area contributed by atoms with Crippen LogP contribution in [0.3, 0.4) is 0 Å². The van der Waals surface area contributed by atoms with Crippen molar-refractivity contribution in [1.29, 1.82) is 0 Å². The number of unbranched alkanes of at least 4 members (excludes halogenated alkanes) is 2. The number of hydrogen-bond donors (Lipinski definition) is 0. The van der Waals surface area contributed by atoms with E-state index >= 15 is 0 Å². The third kappa shape index (κ3) is 5.43. The summed E-state index contributed by atoms with van der Waals surface area (Å²) in [7, 11) is 1.80. The fourth-order valence-corrected chi connectivity index (χ4v) is 5.30. The van der Waals surface area contributed by atoms with Crippen LogP contribution in [0.1, 0.15) is 73.4 Å². The highest BCUT2D eigenvalue weighted by Crippen LogP contribution is 2.42. The maximum Gasteiger partial charge on any atom is 0.127 e. The van der Waals surface area contributed by atoms with Gasteiger partial charge in [-0.2, -0.15) is 0 Å². The average molecular weight is 568 g/mol. The van der Waals surface area contributed by atoms with Gasteiger partial charge in [-0.1, -0.05) is 54.0 Å². The molecule has 0 saturated heterocycles. The van der Waals surface area contributed by atoms with Crippen molar-refractivity contribution < 1.29 is 4.74 Å². The van der Waals surface area contributed by atoms with E-state index in [2.05, 4.69) is 70.6 Å². The van der Waals surface area contributed by atoms with Gasteiger partial charge in [0.05, 0.1) is 12.8 Å². The molecule has 2 nitrogen and oxygen atoms in total. The van der Waals surface area contributed by atoms with Crippen LogP contribution in [-0.4, -0.2) is 16.5 Å². The smallest absolute Gasteiger partial charge is 0.127 e.